The van der Waals surface area contributed by atoms with Gasteiger partial charge < -0.3 is 15.0 Å². The van der Waals surface area contributed by atoms with Crippen LogP contribution in [0.15, 0.2) is 24.3 Å². The molecule has 0 unspecified atom stereocenters. The Balaban J connectivity index is 2.81. The maximum absolute atomic E-state index is 11.7. The zero-order valence-corrected chi connectivity index (χ0v) is 13.8. The van der Waals surface area contributed by atoms with Gasteiger partial charge in [0.05, 0.1) is 12.3 Å². The summed E-state index contributed by atoms with van der Waals surface area (Å²) >= 11 is 5.95. The molecular weight excluding hydrogens is 304 g/mol. The highest BCUT2D eigenvalue weighted by Crippen LogP contribution is 2.22. The van der Waals surface area contributed by atoms with Gasteiger partial charge in [0.25, 0.3) is 0 Å². The van der Waals surface area contributed by atoms with E-state index in [0.717, 1.165) is 12.8 Å². The van der Waals surface area contributed by atoms with Crippen molar-refractivity contribution in [3.8, 4) is 0 Å². The zero-order valence-electron chi connectivity index (χ0n) is 13.1. The molecule has 1 aromatic rings. The first-order chi connectivity index (χ1) is 10.4. The van der Waals surface area contributed by atoms with Gasteiger partial charge in [0.1, 0.15) is 0 Å². The van der Waals surface area contributed by atoms with Gasteiger partial charge in [-0.3, -0.25) is 0 Å². The Hall–Kier alpha value is -2.01. The van der Waals surface area contributed by atoms with Crippen LogP contribution in [0.1, 0.15) is 25.3 Å². The molecule has 120 valence electrons. The van der Waals surface area contributed by atoms with Gasteiger partial charge >= 0.3 is 12.0 Å². The number of rotatable bonds is 6. The van der Waals surface area contributed by atoms with Gasteiger partial charge in [-0.05, 0) is 30.2 Å². The molecule has 0 aliphatic rings. The number of esters is 1. The molecule has 0 heterocycles. The number of nitrogens with zero attached hydrogens (tertiary/aromatic N) is 1. The van der Waals surface area contributed by atoms with Crippen molar-refractivity contribution in [2.45, 2.75) is 19.8 Å². The number of halogens is 1. The second-order valence-corrected chi connectivity index (χ2v) is 5.35. The first kappa shape index (κ1) is 18.0. The minimum atomic E-state index is -0.409. The molecule has 22 heavy (non-hydrogen) atoms. The summed E-state index contributed by atoms with van der Waals surface area (Å²) in [6.07, 6.45) is 4.74. The SMILES string of the molecule is CCCCOC(=O)/C=C/c1ccc(Cl)cc1NC(=O)N(C)C. The van der Waals surface area contributed by atoms with Gasteiger partial charge in [-0.2, -0.15) is 0 Å². The van der Waals surface area contributed by atoms with Crippen molar-refractivity contribution in [2.75, 3.05) is 26.0 Å². The molecule has 6 heteroatoms. The lowest BCUT2D eigenvalue weighted by Gasteiger charge is -2.14. The quantitative estimate of drug-likeness (QED) is 0.492. The number of hydrogen-bond donors (Lipinski definition) is 1. The van der Waals surface area contributed by atoms with Crippen LogP contribution in [-0.4, -0.2) is 37.6 Å². The Bertz CT molecular complexity index is 556. The smallest absolute Gasteiger partial charge is 0.330 e. The van der Waals surface area contributed by atoms with Crippen LogP contribution in [0.3, 0.4) is 0 Å². The largest absolute Gasteiger partial charge is 0.463 e. The third-order valence-corrected chi connectivity index (χ3v) is 3.04. The molecule has 0 bridgehead atoms. The number of urea groups is 1. The van der Waals surface area contributed by atoms with E-state index in [-0.39, 0.29) is 6.03 Å². The summed E-state index contributed by atoms with van der Waals surface area (Å²) in [7, 11) is 3.28. The van der Waals surface area contributed by atoms with Crippen molar-refractivity contribution in [1.29, 1.82) is 0 Å². The van der Waals surface area contributed by atoms with E-state index in [4.69, 9.17) is 16.3 Å². The van der Waals surface area contributed by atoms with E-state index in [1.54, 1.807) is 38.4 Å². The number of hydrogen-bond acceptors (Lipinski definition) is 3. The van der Waals surface area contributed by atoms with Gasteiger partial charge in [-0.1, -0.05) is 31.0 Å². The average molecular weight is 325 g/mol. The van der Waals surface area contributed by atoms with Crippen LogP contribution < -0.4 is 5.32 Å². The summed E-state index contributed by atoms with van der Waals surface area (Å²) in [4.78, 5) is 24.7. The number of nitrogens with one attached hydrogen (secondary N) is 1. The van der Waals surface area contributed by atoms with Crippen molar-refractivity contribution in [1.82, 2.24) is 4.90 Å². The molecule has 0 aliphatic heterocycles. The molecule has 0 fully saturated rings. The van der Waals surface area contributed by atoms with E-state index in [2.05, 4.69) is 5.32 Å². The van der Waals surface area contributed by atoms with E-state index < -0.39 is 5.97 Å². The Morgan fingerprint density at radius 3 is 2.73 bits per heavy atom. The molecule has 0 radical (unpaired) electrons. The predicted octanol–water partition coefficient (Wildman–Crippen LogP) is 3.79. The topological polar surface area (TPSA) is 58.6 Å². The second kappa shape index (κ2) is 9.10. The highest BCUT2D eigenvalue weighted by molar-refractivity contribution is 6.31. The maximum atomic E-state index is 11.7. The Kier molecular flexibility index (Phi) is 7.46. The summed E-state index contributed by atoms with van der Waals surface area (Å²) in [6.45, 7) is 2.43. The molecule has 0 aliphatic carbocycles. The Labute approximate surface area is 135 Å². The number of carbonyl (C=O) groups is 2. The molecule has 0 spiro atoms. The summed E-state index contributed by atoms with van der Waals surface area (Å²) in [5.41, 5.74) is 1.20. The fourth-order valence-corrected chi connectivity index (χ4v) is 1.70. The lowest BCUT2D eigenvalue weighted by molar-refractivity contribution is -0.137. The van der Waals surface area contributed by atoms with Crippen molar-refractivity contribution < 1.29 is 14.3 Å². The van der Waals surface area contributed by atoms with Crippen molar-refractivity contribution in [3.05, 3.63) is 34.9 Å². The van der Waals surface area contributed by atoms with Crippen molar-refractivity contribution in [2.24, 2.45) is 0 Å². The molecule has 1 N–H and O–H groups in total. The van der Waals surface area contributed by atoms with Crippen LogP contribution in [0.4, 0.5) is 10.5 Å². The third-order valence-electron chi connectivity index (χ3n) is 2.80. The van der Waals surface area contributed by atoms with Crippen LogP contribution in [0.5, 0.6) is 0 Å². The molecule has 0 atom stereocenters. The summed E-state index contributed by atoms with van der Waals surface area (Å²) in [5.74, 6) is -0.409. The number of carbonyl (C=O) groups excluding carboxylic acids is 2. The van der Waals surface area contributed by atoms with Crippen LogP contribution >= 0.6 is 11.6 Å². The monoisotopic (exact) mass is 324 g/mol. The average Bonchev–Trinajstić information content (AvgIpc) is 2.46. The normalized spacial score (nSPS) is 10.5. The third kappa shape index (κ3) is 6.18. The van der Waals surface area contributed by atoms with E-state index in [1.165, 1.54) is 11.0 Å². The van der Waals surface area contributed by atoms with Gasteiger partial charge in [-0.15, -0.1) is 0 Å². The standard InChI is InChI=1S/C16H21ClN2O3/c1-4-5-10-22-15(20)9-7-12-6-8-13(17)11-14(12)18-16(21)19(2)3/h6-9,11H,4-5,10H2,1-3H3,(H,18,21)/b9-7+. The van der Waals surface area contributed by atoms with Crippen LogP contribution in [-0.2, 0) is 9.53 Å². The minimum Gasteiger partial charge on any atom is -0.463 e. The van der Waals surface area contributed by atoms with Crippen molar-refractivity contribution in [3.63, 3.8) is 0 Å². The van der Waals surface area contributed by atoms with Gasteiger partial charge in [0.2, 0.25) is 0 Å². The van der Waals surface area contributed by atoms with Gasteiger partial charge in [0, 0.05) is 25.2 Å². The number of ether oxygens (including phenoxy) is 1. The fraction of sp³-hybridized carbons (Fsp3) is 0.375. The van der Waals surface area contributed by atoms with Gasteiger partial charge in [0.15, 0.2) is 0 Å². The number of benzene rings is 1. The van der Waals surface area contributed by atoms with E-state index in [1.807, 2.05) is 6.92 Å². The molecular formula is C16H21ClN2O3. The van der Waals surface area contributed by atoms with Crippen molar-refractivity contribution >= 4 is 35.4 Å². The fourth-order valence-electron chi connectivity index (χ4n) is 1.53. The molecule has 0 saturated carbocycles. The highest BCUT2D eigenvalue weighted by Gasteiger charge is 2.08. The number of anilines is 1. The van der Waals surface area contributed by atoms with Crippen LogP contribution in [0.2, 0.25) is 5.02 Å². The lowest BCUT2D eigenvalue weighted by atomic mass is 10.1. The first-order valence-electron chi connectivity index (χ1n) is 7.06. The highest BCUT2D eigenvalue weighted by atomic mass is 35.5. The van der Waals surface area contributed by atoms with E-state index >= 15 is 0 Å². The Morgan fingerprint density at radius 2 is 2.09 bits per heavy atom. The van der Waals surface area contributed by atoms with Crippen LogP contribution in [0, 0.1) is 0 Å². The van der Waals surface area contributed by atoms with Crippen LogP contribution in [0.25, 0.3) is 6.08 Å². The second-order valence-electron chi connectivity index (χ2n) is 4.91. The Morgan fingerprint density at radius 1 is 1.36 bits per heavy atom. The summed E-state index contributed by atoms with van der Waals surface area (Å²) < 4.78 is 5.04. The minimum absolute atomic E-state index is 0.276. The number of unbranched alkanes of at least 4 members (excludes halogenated alkanes) is 1. The number of amides is 2. The maximum Gasteiger partial charge on any atom is 0.330 e. The predicted molar refractivity (Wildman–Crippen MR) is 89.1 cm³/mol. The molecule has 1 rings (SSSR count). The summed E-state index contributed by atoms with van der Waals surface area (Å²) in [5, 5.41) is 3.22. The van der Waals surface area contributed by atoms with E-state index in [9.17, 15) is 9.59 Å². The summed E-state index contributed by atoms with van der Waals surface area (Å²) in [6, 6.07) is 4.77. The lowest BCUT2D eigenvalue weighted by Crippen LogP contribution is -2.27. The molecule has 0 aromatic heterocycles. The molecule has 1 aromatic carbocycles. The zero-order chi connectivity index (χ0) is 16.5. The van der Waals surface area contributed by atoms with E-state index in [0.29, 0.717) is 22.9 Å². The van der Waals surface area contributed by atoms with Gasteiger partial charge in [-0.25, -0.2) is 9.59 Å². The molecule has 5 nitrogen and oxygen atoms in total. The molecule has 2 amide bonds. The molecule has 0 saturated heterocycles. The first-order valence-corrected chi connectivity index (χ1v) is 7.44.